The summed E-state index contributed by atoms with van der Waals surface area (Å²) in [6, 6.07) is 8.08. The van der Waals surface area contributed by atoms with Crippen LogP contribution in [0.25, 0.3) is 0 Å². The van der Waals surface area contributed by atoms with Crippen molar-refractivity contribution in [2.45, 2.75) is 25.4 Å². The highest BCUT2D eigenvalue weighted by atomic mass is 16.1. The fourth-order valence-corrected chi connectivity index (χ4v) is 2.38. The van der Waals surface area contributed by atoms with Crippen molar-refractivity contribution >= 4 is 5.91 Å². The Balaban J connectivity index is 1.92. The van der Waals surface area contributed by atoms with Crippen LogP contribution in [0.4, 0.5) is 0 Å². The molecule has 4 nitrogen and oxygen atoms in total. The van der Waals surface area contributed by atoms with Crippen LogP contribution in [0.15, 0.2) is 24.3 Å². The van der Waals surface area contributed by atoms with Gasteiger partial charge in [-0.25, -0.2) is 0 Å². The third-order valence-electron chi connectivity index (χ3n) is 3.58. The molecule has 0 atom stereocenters. The van der Waals surface area contributed by atoms with E-state index in [0.29, 0.717) is 18.2 Å². The minimum atomic E-state index is -0.351. The molecule has 0 radical (unpaired) electrons. The molecule has 1 heterocycles. The number of primary amides is 1. The van der Waals surface area contributed by atoms with Crippen molar-refractivity contribution in [3.63, 3.8) is 0 Å². The molecule has 0 unspecified atom stereocenters. The van der Waals surface area contributed by atoms with Crippen molar-refractivity contribution in [1.29, 1.82) is 0 Å². The highest BCUT2D eigenvalue weighted by molar-refractivity contribution is 5.94. The molecule has 1 fully saturated rings. The monoisotopic (exact) mass is 247 g/mol. The quantitative estimate of drug-likeness (QED) is 0.833. The maximum atomic E-state index is 11.3. The Bertz CT molecular complexity index is 411. The standard InChI is InChI=1S/C14H21N3O/c1-17-8-6-12(7-9-17)16-10-11-4-2-3-5-13(11)14(15)18/h2-5,12,16H,6-10H2,1H3,(H2,15,18). The van der Waals surface area contributed by atoms with Crippen molar-refractivity contribution < 1.29 is 4.79 Å². The van der Waals surface area contributed by atoms with E-state index in [2.05, 4.69) is 17.3 Å². The minimum Gasteiger partial charge on any atom is -0.366 e. The Morgan fingerprint density at radius 2 is 2.06 bits per heavy atom. The van der Waals surface area contributed by atoms with Crippen LogP contribution in [0.2, 0.25) is 0 Å². The molecular weight excluding hydrogens is 226 g/mol. The molecule has 1 saturated heterocycles. The number of carbonyl (C=O) groups is 1. The van der Waals surface area contributed by atoms with Crippen LogP contribution < -0.4 is 11.1 Å². The molecule has 0 spiro atoms. The van der Waals surface area contributed by atoms with Gasteiger partial charge in [0.15, 0.2) is 0 Å². The summed E-state index contributed by atoms with van der Waals surface area (Å²) in [5, 5.41) is 3.52. The SMILES string of the molecule is CN1CCC(NCc2ccccc2C(N)=O)CC1. The third-order valence-corrected chi connectivity index (χ3v) is 3.58. The predicted octanol–water partition coefficient (Wildman–Crippen LogP) is 0.969. The number of likely N-dealkylation sites (tertiary alicyclic amines) is 1. The van der Waals surface area contributed by atoms with Gasteiger partial charge in [0, 0.05) is 18.2 Å². The summed E-state index contributed by atoms with van der Waals surface area (Å²) in [4.78, 5) is 13.6. The highest BCUT2D eigenvalue weighted by Crippen LogP contribution is 2.11. The van der Waals surface area contributed by atoms with Crippen molar-refractivity contribution in [1.82, 2.24) is 10.2 Å². The number of nitrogens with one attached hydrogen (secondary N) is 1. The molecule has 1 amide bonds. The Morgan fingerprint density at radius 3 is 2.72 bits per heavy atom. The van der Waals surface area contributed by atoms with Crippen LogP contribution in [-0.4, -0.2) is 37.0 Å². The molecule has 0 saturated carbocycles. The first-order valence-corrected chi connectivity index (χ1v) is 6.46. The van der Waals surface area contributed by atoms with Crippen molar-refractivity contribution in [2.24, 2.45) is 5.73 Å². The average Bonchev–Trinajstić information content (AvgIpc) is 2.38. The number of carbonyl (C=O) groups excluding carboxylic acids is 1. The van der Waals surface area contributed by atoms with Gasteiger partial charge in [-0.3, -0.25) is 4.79 Å². The molecule has 0 aliphatic carbocycles. The summed E-state index contributed by atoms with van der Waals surface area (Å²) in [5.74, 6) is -0.351. The number of hydrogen-bond acceptors (Lipinski definition) is 3. The molecule has 1 aromatic carbocycles. The lowest BCUT2D eigenvalue weighted by molar-refractivity contribution is 0.0999. The van der Waals surface area contributed by atoms with Gasteiger partial charge in [0.25, 0.3) is 0 Å². The van der Waals surface area contributed by atoms with Crippen molar-refractivity contribution in [3.8, 4) is 0 Å². The molecule has 1 aliphatic rings. The normalized spacial score (nSPS) is 17.8. The smallest absolute Gasteiger partial charge is 0.249 e. The Morgan fingerprint density at radius 1 is 1.39 bits per heavy atom. The zero-order chi connectivity index (χ0) is 13.0. The molecule has 2 rings (SSSR count). The summed E-state index contributed by atoms with van der Waals surface area (Å²) in [6.45, 7) is 2.98. The van der Waals surface area contributed by atoms with Crippen LogP contribution in [0.3, 0.4) is 0 Å². The van der Waals surface area contributed by atoms with Gasteiger partial charge >= 0.3 is 0 Å². The number of hydrogen-bond donors (Lipinski definition) is 2. The second-order valence-electron chi connectivity index (χ2n) is 4.98. The van der Waals surface area contributed by atoms with Gasteiger partial charge in [0.2, 0.25) is 5.91 Å². The van der Waals surface area contributed by atoms with E-state index in [1.165, 1.54) is 0 Å². The maximum absolute atomic E-state index is 11.3. The van der Waals surface area contributed by atoms with Gasteiger partial charge in [-0.15, -0.1) is 0 Å². The van der Waals surface area contributed by atoms with Gasteiger partial charge in [0.1, 0.15) is 0 Å². The largest absolute Gasteiger partial charge is 0.366 e. The van der Waals surface area contributed by atoms with Gasteiger partial charge < -0.3 is 16.0 Å². The summed E-state index contributed by atoms with van der Waals surface area (Å²) < 4.78 is 0. The summed E-state index contributed by atoms with van der Waals surface area (Å²) in [6.07, 6.45) is 2.32. The van der Waals surface area contributed by atoms with E-state index in [0.717, 1.165) is 31.5 Å². The predicted molar refractivity (Wildman–Crippen MR) is 72.3 cm³/mol. The van der Waals surface area contributed by atoms with Gasteiger partial charge in [-0.05, 0) is 44.6 Å². The molecule has 3 N–H and O–H groups in total. The summed E-state index contributed by atoms with van der Waals surface area (Å²) >= 11 is 0. The van der Waals surface area contributed by atoms with Crippen LogP contribution in [0.5, 0.6) is 0 Å². The van der Waals surface area contributed by atoms with Crippen molar-refractivity contribution in [3.05, 3.63) is 35.4 Å². The Labute approximate surface area is 108 Å². The van der Waals surface area contributed by atoms with Crippen molar-refractivity contribution in [2.75, 3.05) is 20.1 Å². The lowest BCUT2D eigenvalue weighted by atomic mass is 10.0. The second kappa shape index (κ2) is 5.98. The average molecular weight is 247 g/mol. The molecule has 0 aromatic heterocycles. The molecule has 1 aliphatic heterocycles. The number of rotatable bonds is 4. The number of benzene rings is 1. The van der Waals surface area contributed by atoms with Crippen LogP contribution >= 0.6 is 0 Å². The lowest BCUT2D eigenvalue weighted by Crippen LogP contribution is -2.40. The first-order chi connectivity index (χ1) is 8.66. The third kappa shape index (κ3) is 3.31. The summed E-state index contributed by atoms with van der Waals surface area (Å²) in [5.41, 5.74) is 6.98. The van der Waals surface area contributed by atoms with Crippen LogP contribution in [0, 0.1) is 0 Å². The fraction of sp³-hybridized carbons (Fsp3) is 0.500. The number of nitrogens with zero attached hydrogens (tertiary/aromatic N) is 1. The molecule has 0 bridgehead atoms. The van der Waals surface area contributed by atoms with E-state index in [-0.39, 0.29) is 5.91 Å². The Hall–Kier alpha value is -1.39. The topological polar surface area (TPSA) is 58.4 Å². The van der Waals surface area contributed by atoms with E-state index in [1.807, 2.05) is 18.2 Å². The molecule has 1 aromatic rings. The lowest BCUT2D eigenvalue weighted by Gasteiger charge is -2.29. The highest BCUT2D eigenvalue weighted by Gasteiger charge is 2.16. The number of amides is 1. The molecular formula is C14H21N3O. The van der Waals surface area contributed by atoms with E-state index in [4.69, 9.17) is 5.73 Å². The van der Waals surface area contributed by atoms with Gasteiger partial charge in [-0.1, -0.05) is 18.2 Å². The number of nitrogens with two attached hydrogens (primary N) is 1. The molecule has 18 heavy (non-hydrogen) atoms. The van der Waals surface area contributed by atoms with Crippen LogP contribution in [0.1, 0.15) is 28.8 Å². The van der Waals surface area contributed by atoms with E-state index in [1.54, 1.807) is 6.07 Å². The van der Waals surface area contributed by atoms with Gasteiger partial charge in [-0.2, -0.15) is 0 Å². The van der Waals surface area contributed by atoms with Gasteiger partial charge in [0.05, 0.1) is 0 Å². The zero-order valence-electron chi connectivity index (χ0n) is 10.9. The maximum Gasteiger partial charge on any atom is 0.249 e. The minimum absolute atomic E-state index is 0.351. The fourth-order valence-electron chi connectivity index (χ4n) is 2.38. The Kier molecular flexibility index (Phi) is 4.33. The van der Waals surface area contributed by atoms with Crippen LogP contribution in [-0.2, 0) is 6.54 Å². The second-order valence-corrected chi connectivity index (χ2v) is 4.98. The summed E-state index contributed by atoms with van der Waals surface area (Å²) in [7, 11) is 2.15. The zero-order valence-corrected chi connectivity index (χ0v) is 10.9. The van der Waals surface area contributed by atoms with E-state index in [9.17, 15) is 4.79 Å². The molecule has 98 valence electrons. The number of piperidine rings is 1. The van der Waals surface area contributed by atoms with E-state index < -0.39 is 0 Å². The molecule has 4 heteroatoms. The first kappa shape index (κ1) is 13.1. The first-order valence-electron chi connectivity index (χ1n) is 6.46. The van der Waals surface area contributed by atoms with E-state index >= 15 is 0 Å².